The Morgan fingerprint density at radius 1 is 1.58 bits per heavy atom. The largest absolute Gasteiger partial charge is 0.353 e. The molecule has 1 saturated heterocycles. The van der Waals surface area contributed by atoms with Crippen LogP contribution in [0.2, 0.25) is 0 Å². The van der Waals surface area contributed by atoms with E-state index in [1.165, 1.54) is 0 Å². The minimum Gasteiger partial charge on any atom is -0.353 e. The number of halogens is 1. The third kappa shape index (κ3) is 2.95. The number of nitrogens with one attached hydrogen (secondary N) is 1. The molecular formula is C13H15BrN2O2S. The molecule has 2 amide bonds. The summed E-state index contributed by atoms with van der Waals surface area (Å²) in [6, 6.07) is 4.93. The van der Waals surface area contributed by atoms with Crippen molar-refractivity contribution in [3.63, 3.8) is 0 Å². The molecule has 2 rings (SSSR count). The highest BCUT2D eigenvalue weighted by Gasteiger charge is 2.32. The van der Waals surface area contributed by atoms with Gasteiger partial charge < -0.3 is 10.2 Å². The summed E-state index contributed by atoms with van der Waals surface area (Å²) < 4.78 is 0.719. The molecule has 1 heterocycles. The first-order valence-corrected chi connectivity index (χ1v) is 7.35. The maximum absolute atomic E-state index is 12.6. The molecule has 0 aliphatic carbocycles. The third-order valence-electron chi connectivity index (χ3n) is 3.16. The zero-order valence-corrected chi connectivity index (χ0v) is 13.0. The summed E-state index contributed by atoms with van der Waals surface area (Å²) in [5.41, 5.74) is 0.542. The SMILES string of the molecule is CCC1C(=O)NCCN1C(=O)c1cc(S)ccc1Br. The topological polar surface area (TPSA) is 49.4 Å². The Hall–Kier alpha value is -1.01. The lowest BCUT2D eigenvalue weighted by Crippen LogP contribution is -2.56. The molecule has 102 valence electrons. The van der Waals surface area contributed by atoms with Crippen molar-refractivity contribution < 1.29 is 9.59 Å². The summed E-state index contributed by atoms with van der Waals surface area (Å²) in [4.78, 5) is 26.7. The molecule has 0 spiro atoms. The maximum atomic E-state index is 12.6. The number of benzene rings is 1. The Kier molecular flexibility index (Phi) is 4.52. The van der Waals surface area contributed by atoms with E-state index in [4.69, 9.17) is 0 Å². The summed E-state index contributed by atoms with van der Waals surface area (Å²) in [5.74, 6) is -0.218. The average Bonchev–Trinajstić information content (AvgIpc) is 2.40. The molecule has 1 aliphatic heterocycles. The van der Waals surface area contributed by atoms with E-state index in [9.17, 15) is 9.59 Å². The molecule has 0 bridgehead atoms. The number of carbonyl (C=O) groups is 2. The number of piperazine rings is 1. The van der Waals surface area contributed by atoms with Crippen molar-refractivity contribution in [2.75, 3.05) is 13.1 Å². The van der Waals surface area contributed by atoms with Crippen LogP contribution >= 0.6 is 28.6 Å². The van der Waals surface area contributed by atoms with Crippen LogP contribution in [-0.2, 0) is 4.79 Å². The van der Waals surface area contributed by atoms with Gasteiger partial charge in [0.25, 0.3) is 5.91 Å². The van der Waals surface area contributed by atoms with Gasteiger partial charge in [0, 0.05) is 22.5 Å². The Morgan fingerprint density at radius 2 is 2.32 bits per heavy atom. The average molecular weight is 343 g/mol. The van der Waals surface area contributed by atoms with Crippen LogP contribution in [0.4, 0.5) is 0 Å². The Bertz CT molecular complexity index is 521. The zero-order chi connectivity index (χ0) is 14.0. The van der Waals surface area contributed by atoms with Crippen LogP contribution in [0.15, 0.2) is 27.6 Å². The molecule has 1 aromatic rings. The smallest absolute Gasteiger partial charge is 0.255 e. The summed E-state index contributed by atoms with van der Waals surface area (Å²) in [5, 5.41) is 2.79. The van der Waals surface area contributed by atoms with Crippen molar-refractivity contribution in [3.8, 4) is 0 Å². The highest BCUT2D eigenvalue weighted by Crippen LogP contribution is 2.23. The summed E-state index contributed by atoms with van der Waals surface area (Å²) in [6.45, 7) is 2.94. The number of thiol groups is 1. The Labute approximate surface area is 126 Å². The number of amides is 2. The highest BCUT2D eigenvalue weighted by atomic mass is 79.9. The minimum absolute atomic E-state index is 0.0831. The van der Waals surface area contributed by atoms with E-state index in [-0.39, 0.29) is 11.8 Å². The predicted molar refractivity (Wildman–Crippen MR) is 79.5 cm³/mol. The molecule has 1 N–H and O–H groups in total. The number of hydrogen-bond donors (Lipinski definition) is 2. The Balaban J connectivity index is 2.32. The predicted octanol–water partition coefficient (Wildman–Crippen LogP) is 2.09. The summed E-state index contributed by atoms with van der Waals surface area (Å²) >= 11 is 7.62. The molecular weight excluding hydrogens is 328 g/mol. The van der Waals surface area contributed by atoms with E-state index in [1.54, 1.807) is 17.0 Å². The maximum Gasteiger partial charge on any atom is 0.255 e. The minimum atomic E-state index is -0.392. The van der Waals surface area contributed by atoms with Crippen LogP contribution in [0.25, 0.3) is 0 Å². The second-order valence-electron chi connectivity index (χ2n) is 4.38. The molecule has 0 saturated carbocycles. The molecule has 4 nitrogen and oxygen atoms in total. The van der Waals surface area contributed by atoms with Crippen molar-refractivity contribution >= 4 is 40.4 Å². The lowest BCUT2D eigenvalue weighted by molar-refractivity contribution is -0.127. The van der Waals surface area contributed by atoms with Crippen LogP contribution in [0.5, 0.6) is 0 Å². The van der Waals surface area contributed by atoms with Crippen molar-refractivity contribution in [2.45, 2.75) is 24.3 Å². The fraction of sp³-hybridized carbons (Fsp3) is 0.385. The summed E-state index contributed by atoms with van der Waals surface area (Å²) in [6.07, 6.45) is 0.607. The molecule has 1 aromatic carbocycles. The van der Waals surface area contributed by atoms with E-state index in [0.717, 1.165) is 9.37 Å². The fourth-order valence-corrected chi connectivity index (χ4v) is 2.82. The third-order valence-corrected chi connectivity index (χ3v) is 4.13. The zero-order valence-electron chi connectivity index (χ0n) is 10.5. The molecule has 1 atom stereocenters. The second kappa shape index (κ2) is 5.96. The van der Waals surface area contributed by atoms with Crippen LogP contribution in [0.1, 0.15) is 23.7 Å². The summed E-state index contributed by atoms with van der Waals surface area (Å²) in [7, 11) is 0. The quantitative estimate of drug-likeness (QED) is 0.808. The van der Waals surface area contributed by atoms with E-state index >= 15 is 0 Å². The first-order valence-electron chi connectivity index (χ1n) is 6.11. The van der Waals surface area contributed by atoms with Gasteiger partial charge in [-0.15, -0.1) is 12.6 Å². The van der Waals surface area contributed by atoms with Gasteiger partial charge >= 0.3 is 0 Å². The molecule has 19 heavy (non-hydrogen) atoms. The van der Waals surface area contributed by atoms with E-state index in [2.05, 4.69) is 33.9 Å². The van der Waals surface area contributed by atoms with Gasteiger partial charge in [-0.25, -0.2) is 0 Å². The van der Waals surface area contributed by atoms with Gasteiger partial charge in [0.15, 0.2) is 0 Å². The normalized spacial score (nSPS) is 19.2. The van der Waals surface area contributed by atoms with E-state index in [1.807, 2.05) is 13.0 Å². The van der Waals surface area contributed by atoms with Crippen molar-refractivity contribution in [2.24, 2.45) is 0 Å². The van der Waals surface area contributed by atoms with Gasteiger partial charge in [0.05, 0.1) is 5.56 Å². The molecule has 1 unspecified atom stereocenters. The van der Waals surface area contributed by atoms with Gasteiger partial charge in [0.2, 0.25) is 5.91 Å². The highest BCUT2D eigenvalue weighted by molar-refractivity contribution is 9.10. The van der Waals surface area contributed by atoms with Gasteiger partial charge in [-0.2, -0.15) is 0 Å². The van der Waals surface area contributed by atoms with Gasteiger partial charge in [-0.1, -0.05) is 6.92 Å². The van der Waals surface area contributed by atoms with Gasteiger partial charge in [-0.05, 0) is 40.5 Å². The number of rotatable bonds is 2. The van der Waals surface area contributed by atoms with Crippen LogP contribution in [0.3, 0.4) is 0 Å². The number of carbonyl (C=O) groups excluding carboxylic acids is 2. The molecule has 0 aromatic heterocycles. The van der Waals surface area contributed by atoms with E-state index in [0.29, 0.717) is 25.1 Å². The first-order chi connectivity index (χ1) is 9.04. The van der Waals surface area contributed by atoms with Crippen LogP contribution in [-0.4, -0.2) is 35.8 Å². The lowest BCUT2D eigenvalue weighted by atomic mass is 10.1. The number of nitrogens with zero attached hydrogens (tertiary/aromatic N) is 1. The van der Waals surface area contributed by atoms with Crippen molar-refractivity contribution in [3.05, 3.63) is 28.2 Å². The van der Waals surface area contributed by atoms with Crippen molar-refractivity contribution in [1.82, 2.24) is 10.2 Å². The van der Waals surface area contributed by atoms with Crippen molar-refractivity contribution in [1.29, 1.82) is 0 Å². The monoisotopic (exact) mass is 342 g/mol. The van der Waals surface area contributed by atoms with Crippen LogP contribution in [0, 0.1) is 0 Å². The molecule has 1 fully saturated rings. The standard InChI is InChI=1S/C13H15BrN2O2S/c1-2-11-12(17)15-5-6-16(11)13(18)9-7-8(19)3-4-10(9)14/h3-4,7,11,19H,2,5-6H2,1H3,(H,15,17). The number of hydrogen-bond acceptors (Lipinski definition) is 3. The molecule has 1 aliphatic rings. The first kappa shape index (κ1) is 14.4. The van der Waals surface area contributed by atoms with E-state index < -0.39 is 6.04 Å². The van der Waals surface area contributed by atoms with Gasteiger partial charge in [0.1, 0.15) is 6.04 Å². The fourth-order valence-electron chi connectivity index (χ4n) is 2.20. The Morgan fingerprint density at radius 3 is 3.00 bits per heavy atom. The second-order valence-corrected chi connectivity index (χ2v) is 5.75. The lowest BCUT2D eigenvalue weighted by Gasteiger charge is -2.34. The van der Waals surface area contributed by atoms with Gasteiger partial charge in [-0.3, -0.25) is 9.59 Å². The molecule has 6 heteroatoms. The molecule has 0 radical (unpaired) electrons. The van der Waals surface area contributed by atoms with Crippen LogP contribution < -0.4 is 5.32 Å².